The third-order valence-corrected chi connectivity index (χ3v) is 4.77. The first kappa shape index (κ1) is 20.8. The fourth-order valence-corrected chi connectivity index (χ4v) is 3.27. The second kappa shape index (κ2) is 10.6. The summed E-state index contributed by atoms with van der Waals surface area (Å²) in [6, 6.07) is 26.1. The van der Waals surface area contributed by atoms with Gasteiger partial charge in [0.2, 0.25) is 5.91 Å². The van der Waals surface area contributed by atoms with Gasteiger partial charge in [-0.2, -0.15) is 5.26 Å². The number of nitrogens with zero attached hydrogens (tertiary/aromatic N) is 1. The molecule has 3 rings (SSSR count). The van der Waals surface area contributed by atoms with Gasteiger partial charge in [0.05, 0.1) is 18.5 Å². The molecule has 0 saturated heterocycles. The monoisotopic (exact) mass is 392 g/mol. The van der Waals surface area contributed by atoms with Crippen LogP contribution >= 0.6 is 0 Å². The molecule has 0 aliphatic heterocycles. The second-order valence-electron chi connectivity index (χ2n) is 6.99. The van der Waals surface area contributed by atoms with Crippen molar-refractivity contribution in [3.8, 4) is 6.07 Å². The molecule has 1 amide bonds. The van der Waals surface area contributed by atoms with Crippen LogP contribution in [0.1, 0.15) is 30.5 Å². The van der Waals surface area contributed by atoms with Crippen LogP contribution in [0.25, 0.3) is 16.8 Å². The summed E-state index contributed by atoms with van der Waals surface area (Å²) in [4.78, 5) is 12.5. The second-order valence-corrected chi connectivity index (χ2v) is 6.99. The van der Waals surface area contributed by atoms with Crippen LogP contribution in [0.4, 0.5) is 0 Å². The Morgan fingerprint density at radius 3 is 2.50 bits per heavy atom. The van der Waals surface area contributed by atoms with Gasteiger partial charge in [-0.05, 0) is 34.9 Å². The van der Waals surface area contributed by atoms with Crippen LogP contribution in [0.5, 0.6) is 0 Å². The molecule has 0 aliphatic carbocycles. The third kappa shape index (κ3) is 5.80. The normalized spacial score (nSPS) is 12.9. The SMILES string of the molecule is C[C@H](NC(=O)CC(C#N)=CC=CC=Cc1ccccc1)c1cccc2ccccc12. The number of hydrogen-bond donors (Lipinski definition) is 1. The average molecular weight is 393 g/mol. The Morgan fingerprint density at radius 1 is 0.967 bits per heavy atom. The molecule has 0 spiro atoms. The molecule has 148 valence electrons. The average Bonchev–Trinajstić information content (AvgIpc) is 2.78. The number of allylic oxidation sites excluding steroid dienone is 4. The van der Waals surface area contributed by atoms with E-state index in [1.54, 1.807) is 12.2 Å². The number of nitriles is 1. The molecule has 0 aromatic heterocycles. The van der Waals surface area contributed by atoms with Gasteiger partial charge in [-0.15, -0.1) is 0 Å². The minimum Gasteiger partial charge on any atom is -0.349 e. The predicted molar refractivity (Wildman–Crippen MR) is 123 cm³/mol. The Balaban J connectivity index is 1.59. The summed E-state index contributed by atoms with van der Waals surface area (Å²) in [6.07, 6.45) is 9.24. The smallest absolute Gasteiger partial charge is 0.225 e. The van der Waals surface area contributed by atoms with Gasteiger partial charge in [0, 0.05) is 5.57 Å². The molecule has 1 atom stereocenters. The Morgan fingerprint density at radius 2 is 1.70 bits per heavy atom. The van der Waals surface area contributed by atoms with E-state index in [0.29, 0.717) is 5.57 Å². The lowest BCUT2D eigenvalue weighted by Crippen LogP contribution is -2.26. The van der Waals surface area contributed by atoms with Crippen molar-refractivity contribution in [3.05, 3.63) is 114 Å². The highest BCUT2D eigenvalue weighted by atomic mass is 16.1. The van der Waals surface area contributed by atoms with Gasteiger partial charge >= 0.3 is 0 Å². The van der Waals surface area contributed by atoms with Crippen LogP contribution in [0.2, 0.25) is 0 Å². The lowest BCUT2D eigenvalue weighted by Gasteiger charge is -2.16. The fraction of sp³-hybridized carbons (Fsp3) is 0.111. The number of rotatable bonds is 7. The number of benzene rings is 3. The summed E-state index contributed by atoms with van der Waals surface area (Å²) < 4.78 is 0. The first-order chi connectivity index (χ1) is 14.7. The van der Waals surface area contributed by atoms with Gasteiger partial charge in [0.25, 0.3) is 0 Å². The van der Waals surface area contributed by atoms with E-state index in [4.69, 9.17) is 0 Å². The minimum absolute atomic E-state index is 0.0539. The van der Waals surface area contributed by atoms with E-state index in [0.717, 1.165) is 21.9 Å². The maximum Gasteiger partial charge on any atom is 0.225 e. The molecule has 3 aromatic carbocycles. The zero-order chi connectivity index (χ0) is 21.2. The van der Waals surface area contributed by atoms with Crippen LogP contribution in [0.3, 0.4) is 0 Å². The van der Waals surface area contributed by atoms with E-state index in [1.807, 2.05) is 79.7 Å². The zero-order valence-electron chi connectivity index (χ0n) is 17.0. The van der Waals surface area contributed by atoms with Crippen LogP contribution in [-0.4, -0.2) is 5.91 Å². The molecule has 3 nitrogen and oxygen atoms in total. The van der Waals surface area contributed by atoms with Crippen molar-refractivity contribution in [2.75, 3.05) is 0 Å². The molecule has 0 unspecified atom stereocenters. The molecule has 0 bridgehead atoms. The number of nitrogens with one attached hydrogen (secondary N) is 1. The van der Waals surface area contributed by atoms with Gasteiger partial charge in [-0.25, -0.2) is 0 Å². The van der Waals surface area contributed by atoms with Crippen molar-refractivity contribution >= 4 is 22.8 Å². The molecule has 0 radical (unpaired) electrons. The largest absolute Gasteiger partial charge is 0.349 e. The highest BCUT2D eigenvalue weighted by Crippen LogP contribution is 2.24. The first-order valence-electron chi connectivity index (χ1n) is 9.93. The summed E-state index contributed by atoms with van der Waals surface area (Å²) >= 11 is 0. The topological polar surface area (TPSA) is 52.9 Å². The Kier molecular flexibility index (Phi) is 7.35. The Bertz CT molecular complexity index is 1130. The molecule has 1 N–H and O–H groups in total. The molecular formula is C27H24N2O. The quantitative estimate of drug-likeness (QED) is 0.389. The van der Waals surface area contributed by atoms with Crippen LogP contribution in [-0.2, 0) is 4.79 Å². The lowest BCUT2D eigenvalue weighted by molar-refractivity contribution is -0.121. The molecule has 0 aliphatic rings. The Hall–Kier alpha value is -3.90. The van der Waals surface area contributed by atoms with Gasteiger partial charge < -0.3 is 5.32 Å². The van der Waals surface area contributed by atoms with Crippen molar-refractivity contribution in [1.29, 1.82) is 5.26 Å². The van der Waals surface area contributed by atoms with E-state index in [-0.39, 0.29) is 18.4 Å². The van der Waals surface area contributed by atoms with Crippen LogP contribution in [0, 0.1) is 11.3 Å². The number of amides is 1. The summed E-state index contributed by atoms with van der Waals surface area (Å²) in [5.74, 6) is -0.170. The van der Waals surface area contributed by atoms with Gasteiger partial charge in [0.15, 0.2) is 0 Å². The van der Waals surface area contributed by atoms with Gasteiger partial charge in [0.1, 0.15) is 0 Å². The molecule has 30 heavy (non-hydrogen) atoms. The molecule has 0 saturated carbocycles. The molecule has 0 heterocycles. The fourth-order valence-electron chi connectivity index (χ4n) is 3.27. The van der Waals surface area contributed by atoms with Gasteiger partial charge in [-0.1, -0.05) is 97.1 Å². The molecular weight excluding hydrogens is 368 g/mol. The highest BCUT2D eigenvalue weighted by molar-refractivity contribution is 5.87. The van der Waals surface area contributed by atoms with Crippen LogP contribution in [0.15, 0.2) is 103 Å². The molecule has 3 heteroatoms. The highest BCUT2D eigenvalue weighted by Gasteiger charge is 2.13. The van der Waals surface area contributed by atoms with Crippen molar-refractivity contribution in [3.63, 3.8) is 0 Å². The number of carbonyl (C=O) groups is 1. The molecule has 3 aromatic rings. The van der Waals surface area contributed by atoms with E-state index in [1.165, 1.54) is 0 Å². The molecule has 0 fully saturated rings. The van der Waals surface area contributed by atoms with Gasteiger partial charge in [-0.3, -0.25) is 4.79 Å². The maximum absolute atomic E-state index is 12.5. The minimum atomic E-state index is -0.170. The third-order valence-electron chi connectivity index (χ3n) is 4.77. The van der Waals surface area contributed by atoms with E-state index in [2.05, 4.69) is 29.6 Å². The van der Waals surface area contributed by atoms with Crippen molar-refractivity contribution < 1.29 is 4.79 Å². The number of carbonyl (C=O) groups excluding carboxylic acids is 1. The van der Waals surface area contributed by atoms with Crippen molar-refractivity contribution in [2.24, 2.45) is 0 Å². The Labute approximate surface area is 177 Å². The summed E-state index contributed by atoms with van der Waals surface area (Å²) in [6.45, 7) is 1.96. The summed E-state index contributed by atoms with van der Waals surface area (Å²) in [7, 11) is 0. The first-order valence-corrected chi connectivity index (χ1v) is 9.93. The summed E-state index contributed by atoms with van der Waals surface area (Å²) in [5, 5.41) is 14.6. The number of hydrogen-bond acceptors (Lipinski definition) is 2. The zero-order valence-corrected chi connectivity index (χ0v) is 17.0. The van der Waals surface area contributed by atoms with E-state index >= 15 is 0 Å². The van der Waals surface area contributed by atoms with Crippen molar-refractivity contribution in [1.82, 2.24) is 5.32 Å². The van der Waals surface area contributed by atoms with E-state index in [9.17, 15) is 10.1 Å². The van der Waals surface area contributed by atoms with Crippen LogP contribution < -0.4 is 5.32 Å². The number of fused-ring (bicyclic) bond motifs is 1. The predicted octanol–water partition coefficient (Wildman–Crippen LogP) is 6.13. The standard InChI is InChI=1S/C27H24N2O/c1-21(25-18-10-16-24-15-8-9-17-26(24)25)29-27(30)19-23(20-28)14-7-3-6-13-22-11-4-2-5-12-22/h2-18,21H,19H2,1H3,(H,29,30)/t21-/m0/s1. The van der Waals surface area contributed by atoms with E-state index < -0.39 is 0 Å². The maximum atomic E-state index is 12.5. The lowest BCUT2D eigenvalue weighted by atomic mass is 9.99. The summed E-state index contributed by atoms with van der Waals surface area (Å²) in [5.41, 5.74) is 2.59. The van der Waals surface area contributed by atoms with Crippen molar-refractivity contribution in [2.45, 2.75) is 19.4 Å².